The lowest BCUT2D eigenvalue weighted by atomic mass is 10.1. The van der Waals surface area contributed by atoms with Crippen molar-refractivity contribution < 1.29 is 14.3 Å². The molecular weight excluding hydrogens is 354 g/mol. The van der Waals surface area contributed by atoms with Crippen molar-refractivity contribution in [3.8, 4) is 11.5 Å². The summed E-state index contributed by atoms with van der Waals surface area (Å²) in [5, 5.41) is 5.50. The largest absolute Gasteiger partial charge is 0.493 e. The average Bonchev–Trinajstić information content (AvgIpc) is 2.86. The Morgan fingerprint density at radius 3 is 2.65 bits per heavy atom. The summed E-state index contributed by atoms with van der Waals surface area (Å²) in [4.78, 5) is 24.9. The van der Waals surface area contributed by atoms with Crippen LogP contribution in [-0.2, 0) is 4.79 Å². The molecule has 26 heavy (non-hydrogen) atoms. The molecule has 3 rings (SSSR count). The molecule has 1 aliphatic heterocycles. The number of carbonyl (C=O) groups is 1. The van der Waals surface area contributed by atoms with Crippen molar-refractivity contribution in [1.82, 2.24) is 9.78 Å². The zero-order chi connectivity index (χ0) is 18.8. The minimum absolute atomic E-state index is 0.0703. The van der Waals surface area contributed by atoms with Crippen LogP contribution >= 0.6 is 11.8 Å². The lowest BCUT2D eigenvalue weighted by Gasteiger charge is -2.17. The van der Waals surface area contributed by atoms with Crippen LogP contribution in [0.3, 0.4) is 0 Å². The number of anilines is 1. The number of hydrogen-bond acceptors (Lipinski definition) is 5. The van der Waals surface area contributed by atoms with Gasteiger partial charge in [0.2, 0.25) is 5.91 Å². The fraction of sp³-hybridized carbons (Fsp3) is 0.444. The molecule has 2 N–H and O–H groups in total. The molecule has 0 fully saturated rings. The van der Waals surface area contributed by atoms with E-state index in [2.05, 4.69) is 10.4 Å². The molecule has 0 saturated heterocycles. The minimum Gasteiger partial charge on any atom is -0.493 e. The topological polar surface area (TPSA) is 85.4 Å². The second kappa shape index (κ2) is 7.49. The first kappa shape index (κ1) is 18.4. The van der Waals surface area contributed by atoms with E-state index < -0.39 is 0 Å². The van der Waals surface area contributed by atoms with Gasteiger partial charge in [-0.2, -0.15) is 0 Å². The summed E-state index contributed by atoms with van der Waals surface area (Å²) in [7, 11) is 3.15. The number of fused-ring (bicyclic) bond motifs is 1. The summed E-state index contributed by atoms with van der Waals surface area (Å²) in [5.41, 5.74) is 1.26. The maximum atomic E-state index is 12.7. The van der Waals surface area contributed by atoms with Crippen molar-refractivity contribution in [2.24, 2.45) is 0 Å². The second-order valence-electron chi connectivity index (χ2n) is 6.18. The van der Waals surface area contributed by atoms with Crippen LogP contribution in [0, 0.1) is 0 Å². The predicted molar refractivity (Wildman–Crippen MR) is 103 cm³/mol. The summed E-state index contributed by atoms with van der Waals surface area (Å²) in [6, 6.07) is 5.64. The van der Waals surface area contributed by atoms with Gasteiger partial charge in [0, 0.05) is 6.04 Å². The van der Waals surface area contributed by atoms with Crippen molar-refractivity contribution in [2.75, 3.05) is 25.3 Å². The first-order valence-electron chi connectivity index (χ1n) is 8.47. The predicted octanol–water partition coefficient (Wildman–Crippen LogP) is 2.94. The lowest BCUT2D eigenvalue weighted by molar-refractivity contribution is -0.113. The quantitative estimate of drug-likeness (QED) is 0.837. The van der Waals surface area contributed by atoms with Gasteiger partial charge in [0.05, 0.1) is 30.8 Å². The maximum absolute atomic E-state index is 12.7. The van der Waals surface area contributed by atoms with E-state index in [1.54, 1.807) is 18.9 Å². The first-order chi connectivity index (χ1) is 12.5. The van der Waals surface area contributed by atoms with Crippen molar-refractivity contribution in [3.63, 3.8) is 0 Å². The molecule has 1 aliphatic rings. The second-order valence-corrected chi connectivity index (χ2v) is 7.28. The summed E-state index contributed by atoms with van der Waals surface area (Å²) in [5.74, 6) is 1.92. The fourth-order valence-corrected chi connectivity index (χ4v) is 4.15. The van der Waals surface area contributed by atoms with E-state index in [-0.39, 0.29) is 28.5 Å². The van der Waals surface area contributed by atoms with Gasteiger partial charge in [0.1, 0.15) is 5.82 Å². The molecule has 0 aliphatic carbocycles. The molecule has 1 aromatic heterocycles. The zero-order valence-corrected chi connectivity index (χ0v) is 16.1. The third kappa shape index (κ3) is 3.21. The highest BCUT2D eigenvalue weighted by atomic mass is 32.2. The molecule has 1 amide bonds. The lowest BCUT2D eigenvalue weighted by Crippen LogP contribution is -2.18. The Kier molecular flexibility index (Phi) is 5.31. The monoisotopic (exact) mass is 377 g/mol. The molecule has 0 saturated carbocycles. The Morgan fingerprint density at radius 1 is 1.27 bits per heavy atom. The van der Waals surface area contributed by atoms with E-state index in [1.165, 1.54) is 11.8 Å². The van der Waals surface area contributed by atoms with Crippen molar-refractivity contribution >= 4 is 23.5 Å². The van der Waals surface area contributed by atoms with Crippen LogP contribution in [0.5, 0.6) is 11.5 Å². The first-order valence-corrected chi connectivity index (χ1v) is 9.52. The average molecular weight is 377 g/mol. The van der Waals surface area contributed by atoms with E-state index >= 15 is 0 Å². The van der Waals surface area contributed by atoms with Crippen LogP contribution in [-0.4, -0.2) is 35.7 Å². The molecule has 0 radical (unpaired) electrons. The van der Waals surface area contributed by atoms with Crippen molar-refractivity contribution in [1.29, 1.82) is 0 Å². The van der Waals surface area contributed by atoms with Crippen LogP contribution < -0.4 is 20.3 Å². The van der Waals surface area contributed by atoms with E-state index in [4.69, 9.17) is 9.47 Å². The van der Waals surface area contributed by atoms with Gasteiger partial charge in [-0.3, -0.25) is 19.4 Å². The number of carbonyl (C=O) groups excluding carboxylic acids is 1. The number of amides is 1. The van der Waals surface area contributed by atoms with E-state index in [0.29, 0.717) is 22.9 Å². The van der Waals surface area contributed by atoms with Crippen molar-refractivity contribution in [2.45, 2.75) is 31.6 Å². The van der Waals surface area contributed by atoms with Crippen LogP contribution in [0.25, 0.3) is 0 Å². The van der Waals surface area contributed by atoms with Crippen LogP contribution in [0.1, 0.15) is 42.7 Å². The number of nitrogens with zero attached hydrogens (tertiary/aromatic N) is 1. The summed E-state index contributed by atoms with van der Waals surface area (Å²) in [6.07, 6.45) is 0.834. The Morgan fingerprint density at radius 2 is 2.00 bits per heavy atom. The number of thioether (sulfide) groups is 1. The minimum atomic E-state index is -0.280. The number of benzene rings is 1. The standard InChI is InChI=1S/C18H23N3O4S/c1-5-10(2)21-17-15(18(23)20-21)16(26-9-14(22)19-17)11-6-7-12(24-3)13(8-11)25-4/h6-8,10,16H,5,9H2,1-4H3,(H,19,22)(H,20,23)/t10-,16+/m0/s1. The maximum Gasteiger partial charge on any atom is 0.270 e. The Hall–Kier alpha value is -2.35. The van der Waals surface area contributed by atoms with Gasteiger partial charge < -0.3 is 14.8 Å². The zero-order valence-electron chi connectivity index (χ0n) is 15.3. The normalized spacial score (nSPS) is 17.8. The Bertz CT molecular complexity index is 874. The molecule has 8 heteroatoms. The number of methoxy groups -OCH3 is 2. The third-order valence-electron chi connectivity index (χ3n) is 4.61. The number of H-pyrrole nitrogens is 1. The highest BCUT2D eigenvalue weighted by molar-refractivity contribution is 8.00. The molecule has 7 nitrogen and oxygen atoms in total. The van der Waals surface area contributed by atoms with Gasteiger partial charge in [-0.15, -0.1) is 11.8 Å². The van der Waals surface area contributed by atoms with Crippen LogP contribution in [0.4, 0.5) is 5.82 Å². The Balaban J connectivity index is 2.15. The SMILES string of the molecule is CC[C@H](C)n1[nH]c(=O)c2c1NC(=O)CS[C@@H]2c1ccc(OC)c(OC)c1. The number of hydrogen-bond donors (Lipinski definition) is 2. The fourth-order valence-electron chi connectivity index (χ4n) is 3.04. The smallest absolute Gasteiger partial charge is 0.270 e. The molecule has 1 aromatic carbocycles. The van der Waals surface area contributed by atoms with E-state index in [9.17, 15) is 9.59 Å². The Labute approximate surface area is 156 Å². The highest BCUT2D eigenvalue weighted by Gasteiger charge is 2.31. The van der Waals surface area contributed by atoms with Gasteiger partial charge in [0.25, 0.3) is 5.56 Å². The van der Waals surface area contributed by atoms with Gasteiger partial charge in [0.15, 0.2) is 11.5 Å². The highest BCUT2D eigenvalue weighted by Crippen LogP contribution is 2.42. The van der Waals surface area contributed by atoms with E-state index in [1.807, 2.05) is 32.0 Å². The molecule has 2 heterocycles. The molecule has 2 atom stereocenters. The van der Waals surface area contributed by atoms with Gasteiger partial charge in [-0.25, -0.2) is 0 Å². The number of rotatable bonds is 5. The number of aromatic nitrogens is 2. The molecule has 140 valence electrons. The number of aromatic amines is 1. The molecule has 0 bridgehead atoms. The van der Waals surface area contributed by atoms with Crippen molar-refractivity contribution in [3.05, 3.63) is 39.7 Å². The molecule has 0 unspecified atom stereocenters. The van der Waals surface area contributed by atoms with Crippen LogP contribution in [0.15, 0.2) is 23.0 Å². The summed E-state index contributed by atoms with van der Waals surface area (Å²) in [6.45, 7) is 4.04. The van der Waals surface area contributed by atoms with Gasteiger partial charge in [-0.05, 0) is 31.0 Å². The third-order valence-corrected chi connectivity index (χ3v) is 5.88. The van der Waals surface area contributed by atoms with Gasteiger partial charge in [-0.1, -0.05) is 13.0 Å². The number of ether oxygens (including phenoxy) is 2. The molecule has 0 spiro atoms. The molecular formula is C18H23N3O4S. The number of nitrogens with one attached hydrogen (secondary N) is 2. The summed E-state index contributed by atoms with van der Waals surface area (Å²) < 4.78 is 12.4. The van der Waals surface area contributed by atoms with E-state index in [0.717, 1.165) is 12.0 Å². The van der Waals surface area contributed by atoms with Crippen LogP contribution in [0.2, 0.25) is 0 Å². The van der Waals surface area contributed by atoms with Gasteiger partial charge >= 0.3 is 0 Å². The summed E-state index contributed by atoms with van der Waals surface area (Å²) >= 11 is 1.43. The molecule has 2 aromatic rings.